The van der Waals surface area contributed by atoms with Gasteiger partial charge in [0, 0.05) is 16.8 Å². The van der Waals surface area contributed by atoms with Crippen molar-refractivity contribution in [3.63, 3.8) is 0 Å². The van der Waals surface area contributed by atoms with Crippen LogP contribution in [-0.4, -0.2) is 17.9 Å². The van der Waals surface area contributed by atoms with E-state index in [0.717, 1.165) is 35.4 Å². The summed E-state index contributed by atoms with van der Waals surface area (Å²) >= 11 is 0. The number of hydrogen-bond donors (Lipinski definition) is 0. The third-order valence-corrected chi connectivity index (χ3v) is 2.88. The van der Waals surface area contributed by atoms with Crippen LogP contribution in [0, 0.1) is 6.92 Å². The first-order chi connectivity index (χ1) is 9.26. The summed E-state index contributed by atoms with van der Waals surface area (Å²) in [5.74, 6) is 0.829. The maximum Gasteiger partial charge on any atom is 0.151 e. The van der Waals surface area contributed by atoms with Gasteiger partial charge in [-0.25, -0.2) is 0 Å². The van der Waals surface area contributed by atoms with Crippen LogP contribution in [0.4, 0.5) is 0 Å². The van der Waals surface area contributed by atoms with Crippen LogP contribution < -0.4 is 4.74 Å². The summed E-state index contributed by atoms with van der Waals surface area (Å²) in [7, 11) is 0. The fourth-order valence-corrected chi connectivity index (χ4v) is 1.86. The molecule has 0 fully saturated rings. The Balaban J connectivity index is 2.40. The van der Waals surface area contributed by atoms with Gasteiger partial charge < -0.3 is 4.74 Å². The summed E-state index contributed by atoms with van der Waals surface area (Å²) < 4.78 is 5.73. The molecule has 0 aliphatic rings. The van der Waals surface area contributed by atoms with Gasteiger partial charge in [0.15, 0.2) is 6.29 Å². The first kappa shape index (κ1) is 13.3. The van der Waals surface area contributed by atoms with Crippen molar-refractivity contribution in [2.75, 3.05) is 6.61 Å². The highest BCUT2D eigenvalue weighted by molar-refractivity contribution is 5.78. The van der Waals surface area contributed by atoms with Crippen molar-refractivity contribution >= 4 is 6.29 Å². The number of hydrogen-bond acceptors (Lipinski definition) is 3. The number of aryl methyl sites for hydroxylation is 1. The Morgan fingerprint density at radius 1 is 1.21 bits per heavy atom. The van der Waals surface area contributed by atoms with E-state index in [-0.39, 0.29) is 0 Å². The zero-order valence-corrected chi connectivity index (χ0v) is 11.2. The molecule has 0 unspecified atom stereocenters. The molecule has 19 heavy (non-hydrogen) atoms. The maximum atomic E-state index is 10.8. The van der Waals surface area contributed by atoms with Gasteiger partial charge in [0.05, 0.1) is 12.3 Å². The van der Waals surface area contributed by atoms with E-state index in [2.05, 4.69) is 11.9 Å². The lowest BCUT2D eigenvalue weighted by Gasteiger charge is -2.11. The van der Waals surface area contributed by atoms with Crippen molar-refractivity contribution in [1.82, 2.24) is 4.98 Å². The number of ether oxygens (including phenoxy) is 1. The highest BCUT2D eigenvalue weighted by atomic mass is 16.5. The Morgan fingerprint density at radius 2 is 2.00 bits per heavy atom. The molecule has 2 rings (SSSR count). The second kappa shape index (κ2) is 6.14. The van der Waals surface area contributed by atoms with Gasteiger partial charge in [-0.2, -0.15) is 0 Å². The lowest BCUT2D eigenvalue weighted by Crippen LogP contribution is -1.98. The molecule has 0 amide bonds. The van der Waals surface area contributed by atoms with E-state index in [1.165, 1.54) is 0 Å². The Hall–Kier alpha value is -2.16. The van der Waals surface area contributed by atoms with Crippen LogP contribution in [0.15, 0.2) is 36.4 Å². The molecule has 98 valence electrons. The van der Waals surface area contributed by atoms with Crippen molar-refractivity contribution < 1.29 is 9.53 Å². The first-order valence-electron chi connectivity index (χ1n) is 6.41. The number of nitrogens with zero attached hydrogens (tertiary/aromatic N) is 1. The molecule has 0 bridgehead atoms. The number of rotatable bonds is 5. The molecule has 0 aliphatic heterocycles. The largest absolute Gasteiger partial charge is 0.493 e. The van der Waals surface area contributed by atoms with E-state index in [1.807, 2.05) is 37.3 Å². The molecule has 2 aromatic rings. The normalized spacial score (nSPS) is 10.2. The lowest BCUT2D eigenvalue weighted by molar-refractivity contribution is 0.112. The van der Waals surface area contributed by atoms with E-state index >= 15 is 0 Å². The molecule has 0 radical (unpaired) electrons. The molecule has 3 heteroatoms. The van der Waals surface area contributed by atoms with Gasteiger partial charge in [-0.15, -0.1) is 0 Å². The van der Waals surface area contributed by atoms with Crippen molar-refractivity contribution in [3.8, 4) is 17.0 Å². The van der Waals surface area contributed by atoms with Crippen molar-refractivity contribution in [1.29, 1.82) is 0 Å². The topological polar surface area (TPSA) is 39.2 Å². The minimum Gasteiger partial charge on any atom is -0.493 e. The molecule has 0 N–H and O–H groups in total. The van der Waals surface area contributed by atoms with Crippen LogP contribution in [0.1, 0.15) is 29.4 Å². The summed E-state index contributed by atoms with van der Waals surface area (Å²) in [5, 5.41) is 0. The fourth-order valence-electron chi connectivity index (χ4n) is 1.86. The maximum absolute atomic E-state index is 10.8. The van der Waals surface area contributed by atoms with Crippen LogP contribution in [0.5, 0.6) is 5.75 Å². The number of benzene rings is 1. The second-order valence-corrected chi connectivity index (χ2v) is 4.33. The van der Waals surface area contributed by atoms with E-state index in [4.69, 9.17) is 4.74 Å². The fraction of sp³-hybridized carbons (Fsp3) is 0.250. The number of para-hydroxylation sites is 1. The molecule has 0 spiro atoms. The predicted molar refractivity (Wildman–Crippen MR) is 75.6 cm³/mol. The van der Waals surface area contributed by atoms with Gasteiger partial charge in [0.1, 0.15) is 5.75 Å². The van der Waals surface area contributed by atoms with Gasteiger partial charge in [-0.1, -0.05) is 19.1 Å². The molecule has 1 aromatic heterocycles. The van der Waals surface area contributed by atoms with Crippen LogP contribution in [0.25, 0.3) is 11.3 Å². The van der Waals surface area contributed by atoms with E-state index < -0.39 is 0 Å². The first-order valence-corrected chi connectivity index (χ1v) is 6.41. The van der Waals surface area contributed by atoms with Crippen molar-refractivity contribution in [3.05, 3.63) is 47.7 Å². The second-order valence-electron chi connectivity index (χ2n) is 4.33. The van der Waals surface area contributed by atoms with Crippen LogP contribution >= 0.6 is 0 Å². The Morgan fingerprint density at radius 3 is 2.68 bits per heavy atom. The lowest BCUT2D eigenvalue weighted by atomic mass is 10.1. The predicted octanol–water partition coefficient (Wildman–Crippen LogP) is 3.66. The van der Waals surface area contributed by atoms with Gasteiger partial charge in [0.25, 0.3) is 0 Å². The van der Waals surface area contributed by atoms with Gasteiger partial charge in [0.2, 0.25) is 0 Å². The molecule has 0 aliphatic carbocycles. The molecule has 0 atom stereocenters. The summed E-state index contributed by atoms with van der Waals surface area (Å²) in [6, 6.07) is 11.5. The number of carbonyl (C=O) groups excluding carboxylic acids is 1. The van der Waals surface area contributed by atoms with E-state index in [9.17, 15) is 4.79 Å². The van der Waals surface area contributed by atoms with Crippen LogP contribution in [0.2, 0.25) is 0 Å². The number of carbonyl (C=O) groups is 1. The van der Waals surface area contributed by atoms with Gasteiger partial charge >= 0.3 is 0 Å². The Kier molecular flexibility index (Phi) is 4.29. The average molecular weight is 255 g/mol. The van der Waals surface area contributed by atoms with Crippen LogP contribution in [-0.2, 0) is 0 Å². The third-order valence-electron chi connectivity index (χ3n) is 2.88. The molecule has 3 nitrogen and oxygen atoms in total. The van der Waals surface area contributed by atoms with Crippen LogP contribution in [0.3, 0.4) is 0 Å². The van der Waals surface area contributed by atoms with Crippen molar-refractivity contribution in [2.45, 2.75) is 20.3 Å². The monoisotopic (exact) mass is 255 g/mol. The molecule has 0 saturated heterocycles. The smallest absolute Gasteiger partial charge is 0.151 e. The molecule has 0 saturated carbocycles. The third kappa shape index (κ3) is 2.99. The van der Waals surface area contributed by atoms with E-state index in [1.54, 1.807) is 6.07 Å². The van der Waals surface area contributed by atoms with E-state index in [0.29, 0.717) is 12.2 Å². The molecular formula is C16H17NO2. The Bertz CT molecular complexity index is 579. The summed E-state index contributed by atoms with van der Waals surface area (Å²) in [6.07, 6.45) is 1.79. The average Bonchev–Trinajstić information content (AvgIpc) is 2.45. The SMILES string of the molecule is CCCOc1ccccc1-c1ccc(C=O)c(C)n1. The summed E-state index contributed by atoms with van der Waals surface area (Å²) in [4.78, 5) is 15.3. The number of aromatic nitrogens is 1. The molecule has 1 aromatic carbocycles. The minimum atomic E-state index is 0.621. The van der Waals surface area contributed by atoms with Gasteiger partial charge in [-0.3, -0.25) is 9.78 Å². The number of aldehydes is 1. The highest BCUT2D eigenvalue weighted by Crippen LogP contribution is 2.29. The zero-order chi connectivity index (χ0) is 13.7. The van der Waals surface area contributed by atoms with Gasteiger partial charge in [-0.05, 0) is 37.6 Å². The highest BCUT2D eigenvalue weighted by Gasteiger charge is 2.08. The number of pyridine rings is 1. The standard InChI is InChI=1S/C16H17NO2/c1-3-10-19-16-7-5-4-6-14(16)15-9-8-13(11-18)12(2)17-15/h4-9,11H,3,10H2,1-2H3. The minimum absolute atomic E-state index is 0.621. The Labute approximate surface area is 113 Å². The van der Waals surface area contributed by atoms with Crippen molar-refractivity contribution in [2.24, 2.45) is 0 Å². The summed E-state index contributed by atoms with van der Waals surface area (Å²) in [6.45, 7) is 4.59. The molecule has 1 heterocycles. The quantitative estimate of drug-likeness (QED) is 0.765. The summed E-state index contributed by atoms with van der Waals surface area (Å²) in [5.41, 5.74) is 3.14. The molecular weight excluding hydrogens is 238 g/mol. The zero-order valence-electron chi connectivity index (χ0n) is 11.2.